The topological polar surface area (TPSA) is 45.9 Å². The first-order valence-electron chi connectivity index (χ1n) is 9.19. The van der Waals surface area contributed by atoms with Gasteiger partial charge in [0.25, 0.3) is 5.91 Å². The van der Waals surface area contributed by atoms with Crippen molar-refractivity contribution < 1.29 is 18.3 Å². The lowest BCUT2D eigenvalue weighted by molar-refractivity contribution is 0.0715. The van der Waals surface area contributed by atoms with Crippen LogP contribution in [0.5, 0.6) is 5.75 Å². The van der Waals surface area contributed by atoms with Gasteiger partial charge in [-0.05, 0) is 36.4 Å². The molecule has 1 fully saturated rings. The fourth-order valence-electron chi connectivity index (χ4n) is 3.39. The van der Waals surface area contributed by atoms with Crippen LogP contribution in [-0.2, 0) is 0 Å². The van der Waals surface area contributed by atoms with Gasteiger partial charge in [-0.1, -0.05) is 18.2 Å². The van der Waals surface area contributed by atoms with Crippen molar-refractivity contribution in [2.75, 3.05) is 38.2 Å². The largest absolute Gasteiger partial charge is 0.497 e. The Hall–Kier alpha value is -3.28. The Morgan fingerprint density at radius 2 is 1.79 bits per heavy atom. The minimum absolute atomic E-state index is 0.173. The number of carbonyl (C=O) groups excluding carboxylic acids is 1. The molecule has 1 aliphatic heterocycles. The molecule has 0 bridgehead atoms. The molecular weight excluding hydrogens is 359 g/mol. The van der Waals surface area contributed by atoms with Crippen LogP contribution in [0.25, 0.3) is 11.3 Å². The average Bonchev–Trinajstić information content (AvgIpc) is 3.24. The van der Waals surface area contributed by atoms with Crippen molar-refractivity contribution in [3.8, 4) is 17.1 Å². The van der Waals surface area contributed by atoms with Crippen molar-refractivity contribution in [1.29, 1.82) is 0 Å². The highest BCUT2D eigenvalue weighted by atomic mass is 19.1. The Balaban J connectivity index is 1.42. The maximum atomic E-state index is 13.9. The number of furan rings is 1. The molecule has 2 aromatic carbocycles. The van der Waals surface area contributed by atoms with Gasteiger partial charge in [-0.25, -0.2) is 4.39 Å². The van der Waals surface area contributed by atoms with Crippen molar-refractivity contribution >= 4 is 11.6 Å². The van der Waals surface area contributed by atoms with Crippen LogP contribution in [0.1, 0.15) is 10.6 Å². The predicted molar refractivity (Wildman–Crippen MR) is 105 cm³/mol. The molecule has 0 radical (unpaired) electrons. The molecule has 0 N–H and O–H groups in total. The van der Waals surface area contributed by atoms with E-state index in [1.54, 1.807) is 42.3 Å². The fraction of sp³-hybridized carbons (Fsp3) is 0.227. The molecule has 0 atom stereocenters. The van der Waals surface area contributed by atoms with Crippen LogP contribution in [0, 0.1) is 5.82 Å². The number of halogens is 1. The second-order valence-electron chi connectivity index (χ2n) is 6.62. The number of nitrogens with zero attached hydrogens (tertiary/aromatic N) is 2. The van der Waals surface area contributed by atoms with E-state index in [1.807, 2.05) is 24.3 Å². The summed E-state index contributed by atoms with van der Waals surface area (Å²) >= 11 is 0. The van der Waals surface area contributed by atoms with Crippen LogP contribution in [0.15, 0.2) is 65.1 Å². The van der Waals surface area contributed by atoms with E-state index in [1.165, 1.54) is 6.07 Å². The zero-order valence-corrected chi connectivity index (χ0v) is 15.6. The number of amides is 1. The number of benzene rings is 2. The Labute approximate surface area is 162 Å². The van der Waals surface area contributed by atoms with E-state index in [2.05, 4.69) is 4.90 Å². The van der Waals surface area contributed by atoms with Gasteiger partial charge in [-0.15, -0.1) is 0 Å². The van der Waals surface area contributed by atoms with Crippen molar-refractivity contribution in [3.63, 3.8) is 0 Å². The van der Waals surface area contributed by atoms with Gasteiger partial charge >= 0.3 is 0 Å². The van der Waals surface area contributed by atoms with Gasteiger partial charge in [0, 0.05) is 37.9 Å². The molecule has 0 saturated carbocycles. The second-order valence-corrected chi connectivity index (χ2v) is 6.62. The number of rotatable bonds is 4. The highest BCUT2D eigenvalue weighted by Crippen LogP contribution is 2.26. The molecule has 144 valence electrons. The molecule has 6 heteroatoms. The van der Waals surface area contributed by atoms with Crippen molar-refractivity contribution in [1.82, 2.24) is 4.90 Å². The Bertz CT molecular complexity index is 977. The molecule has 1 saturated heterocycles. The van der Waals surface area contributed by atoms with Gasteiger partial charge in [0.2, 0.25) is 0 Å². The lowest BCUT2D eigenvalue weighted by Crippen LogP contribution is -2.48. The summed E-state index contributed by atoms with van der Waals surface area (Å²) in [6.07, 6.45) is 0. The molecule has 0 spiro atoms. The van der Waals surface area contributed by atoms with Crippen LogP contribution in [-0.4, -0.2) is 44.1 Å². The Morgan fingerprint density at radius 3 is 2.54 bits per heavy atom. The lowest BCUT2D eigenvalue weighted by atomic mass is 10.1. The summed E-state index contributed by atoms with van der Waals surface area (Å²) in [5.41, 5.74) is 1.43. The molecule has 3 aromatic rings. The van der Waals surface area contributed by atoms with E-state index < -0.39 is 0 Å². The number of carbonyl (C=O) groups is 1. The van der Waals surface area contributed by atoms with Crippen LogP contribution in [0.4, 0.5) is 10.1 Å². The number of anilines is 1. The van der Waals surface area contributed by atoms with E-state index in [4.69, 9.17) is 9.15 Å². The first kappa shape index (κ1) is 18.1. The third-order valence-corrected chi connectivity index (χ3v) is 4.94. The summed E-state index contributed by atoms with van der Waals surface area (Å²) < 4.78 is 24.9. The zero-order valence-electron chi connectivity index (χ0n) is 15.6. The number of ether oxygens (including phenoxy) is 1. The second kappa shape index (κ2) is 7.76. The van der Waals surface area contributed by atoms with Crippen molar-refractivity contribution in [3.05, 3.63) is 72.2 Å². The monoisotopic (exact) mass is 380 g/mol. The number of piperazine rings is 1. The average molecular weight is 380 g/mol. The van der Waals surface area contributed by atoms with E-state index in [9.17, 15) is 9.18 Å². The van der Waals surface area contributed by atoms with E-state index >= 15 is 0 Å². The van der Waals surface area contributed by atoms with Crippen LogP contribution >= 0.6 is 0 Å². The highest BCUT2D eigenvalue weighted by Gasteiger charge is 2.25. The van der Waals surface area contributed by atoms with E-state index in [0.29, 0.717) is 24.4 Å². The first-order chi connectivity index (χ1) is 13.7. The molecule has 5 nitrogen and oxygen atoms in total. The van der Waals surface area contributed by atoms with Gasteiger partial charge < -0.3 is 19.0 Å². The SMILES string of the molecule is COc1cccc(N2CCN(C(=O)c3ccc(-c4ccccc4F)o3)CC2)c1. The summed E-state index contributed by atoms with van der Waals surface area (Å²) in [6.45, 7) is 2.62. The summed E-state index contributed by atoms with van der Waals surface area (Å²) in [5, 5.41) is 0. The fourth-order valence-corrected chi connectivity index (χ4v) is 3.39. The molecule has 28 heavy (non-hydrogen) atoms. The summed E-state index contributed by atoms with van der Waals surface area (Å²) in [4.78, 5) is 16.8. The Kier molecular flexibility index (Phi) is 5.02. The molecule has 1 amide bonds. The Morgan fingerprint density at radius 1 is 1.00 bits per heavy atom. The van der Waals surface area contributed by atoms with Gasteiger partial charge in [0.15, 0.2) is 5.76 Å². The maximum Gasteiger partial charge on any atom is 0.289 e. The molecule has 4 rings (SSSR count). The minimum Gasteiger partial charge on any atom is -0.497 e. The normalized spacial score (nSPS) is 14.2. The molecule has 1 aliphatic rings. The third kappa shape index (κ3) is 3.58. The number of hydrogen-bond donors (Lipinski definition) is 0. The van der Waals surface area contributed by atoms with E-state index in [-0.39, 0.29) is 17.5 Å². The molecule has 0 aliphatic carbocycles. The van der Waals surface area contributed by atoms with E-state index in [0.717, 1.165) is 24.5 Å². The van der Waals surface area contributed by atoms with Gasteiger partial charge in [-0.3, -0.25) is 4.79 Å². The van der Waals surface area contributed by atoms with Gasteiger partial charge in [0.05, 0.1) is 12.7 Å². The van der Waals surface area contributed by atoms with Crippen molar-refractivity contribution in [2.24, 2.45) is 0 Å². The smallest absolute Gasteiger partial charge is 0.289 e. The summed E-state index contributed by atoms with van der Waals surface area (Å²) in [5.74, 6) is 0.854. The first-order valence-corrected chi connectivity index (χ1v) is 9.19. The summed E-state index contributed by atoms with van der Waals surface area (Å²) in [7, 11) is 1.65. The number of hydrogen-bond acceptors (Lipinski definition) is 4. The van der Waals surface area contributed by atoms with Crippen LogP contribution in [0.2, 0.25) is 0 Å². The minimum atomic E-state index is -0.372. The summed E-state index contributed by atoms with van der Waals surface area (Å²) in [6, 6.07) is 17.5. The quantitative estimate of drug-likeness (QED) is 0.685. The molecule has 1 aromatic heterocycles. The van der Waals surface area contributed by atoms with Gasteiger partial charge in [-0.2, -0.15) is 0 Å². The molecule has 0 unspecified atom stereocenters. The van der Waals surface area contributed by atoms with Gasteiger partial charge in [0.1, 0.15) is 17.3 Å². The highest BCUT2D eigenvalue weighted by molar-refractivity contribution is 5.92. The van der Waals surface area contributed by atoms with Crippen LogP contribution in [0.3, 0.4) is 0 Å². The van der Waals surface area contributed by atoms with Crippen LogP contribution < -0.4 is 9.64 Å². The standard InChI is InChI=1S/C22H21FN2O3/c1-27-17-6-4-5-16(15-17)24-11-13-25(14-12-24)22(26)21-10-9-20(28-21)18-7-2-3-8-19(18)23/h2-10,15H,11-14H2,1H3. The molecule has 2 heterocycles. The maximum absolute atomic E-state index is 13.9. The zero-order chi connectivity index (χ0) is 19.5. The number of methoxy groups -OCH3 is 1. The third-order valence-electron chi connectivity index (χ3n) is 4.94. The van der Waals surface area contributed by atoms with Crippen molar-refractivity contribution in [2.45, 2.75) is 0 Å². The predicted octanol–water partition coefficient (Wildman–Crippen LogP) is 4.06. The lowest BCUT2D eigenvalue weighted by Gasteiger charge is -2.35. The molecular formula is C22H21FN2O3.